The van der Waals surface area contributed by atoms with Crippen molar-refractivity contribution in [1.29, 1.82) is 0 Å². The summed E-state index contributed by atoms with van der Waals surface area (Å²) in [4.78, 5) is 11.6. The number of anilines is 3. The third kappa shape index (κ3) is 5.29. The van der Waals surface area contributed by atoms with Crippen LogP contribution < -0.4 is 4.90 Å². The first-order valence-electron chi connectivity index (χ1n) is 17.8. The van der Waals surface area contributed by atoms with Crippen LogP contribution in [0.4, 0.5) is 17.1 Å². The van der Waals surface area contributed by atoms with E-state index in [1.165, 1.54) is 0 Å². The van der Waals surface area contributed by atoms with Gasteiger partial charge in [0.1, 0.15) is 11.0 Å². The third-order valence-corrected chi connectivity index (χ3v) is 9.28. The van der Waals surface area contributed by atoms with Gasteiger partial charge < -0.3 is 13.7 Å². The fraction of sp³-hybridized carbons (Fsp3) is 0. The van der Waals surface area contributed by atoms with E-state index in [-0.39, 0.29) is 0 Å². The zero-order valence-electron chi connectivity index (χ0n) is 29.2. The maximum absolute atomic E-state index is 8.96. The minimum atomic E-state index is 0.443. The van der Waals surface area contributed by atoms with E-state index in [9.17, 15) is 0 Å². The molecule has 10 rings (SSSR count). The number of rotatable bonds is 6. The summed E-state index contributed by atoms with van der Waals surface area (Å²) in [5.74, 6) is 1.15. The van der Waals surface area contributed by atoms with E-state index in [0.29, 0.717) is 23.9 Å². The second-order valence-electron chi connectivity index (χ2n) is 12.5. The number of nitrogens with zero attached hydrogens (tertiary/aromatic N) is 3. The Hall–Kier alpha value is -6.98. The van der Waals surface area contributed by atoms with E-state index in [0.717, 1.165) is 83.1 Å². The molecule has 0 atom stereocenters. The van der Waals surface area contributed by atoms with Gasteiger partial charge in [-0.1, -0.05) is 72.8 Å². The topological polar surface area (TPSA) is 55.3 Å². The monoisotopic (exact) mass is 657 g/mol. The summed E-state index contributed by atoms with van der Waals surface area (Å²) in [6, 6.07) is 55.1. The highest BCUT2D eigenvalue weighted by atomic mass is 16.4. The maximum atomic E-state index is 8.96. The molecule has 2 aromatic heterocycles. The van der Waals surface area contributed by atoms with Gasteiger partial charge in [-0.3, -0.25) is 0 Å². The molecule has 0 aliphatic rings. The number of oxazole rings is 2. The number of hydrogen-bond acceptors (Lipinski definition) is 5. The molecule has 5 nitrogen and oxygen atoms in total. The SMILES string of the molecule is [2H]c1c2ccccc2c([2H])c2cc(-c3ccc(N(c4ccc(-c5nc6ccccc6o5)cc4)c4ccc(-c5nc6ccccc6o5)cc4)cc3)ccc12. The Morgan fingerprint density at radius 3 is 1.31 bits per heavy atom. The average Bonchev–Trinajstić information content (AvgIpc) is 3.86. The molecule has 10 aromatic rings. The summed E-state index contributed by atoms with van der Waals surface area (Å²) >= 11 is 0. The first kappa shape index (κ1) is 26.9. The van der Waals surface area contributed by atoms with Crippen molar-refractivity contribution in [2.45, 2.75) is 0 Å². The predicted octanol–water partition coefficient (Wildman–Crippen LogP) is 12.7. The van der Waals surface area contributed by atoms with E-state index in [4.69, 9.17) is 21.5 Å². The lowest BCUT2D eigenvalue weighted by Gasteiger charge is -2.26. The smallest absolute Gasteiger partial charge is 0.227 e. The van der Waals surface area contributed by atoms with Gasteiger partial charge in [0.05, 0.1) is 2.74 Å². The molecule has 0 bridgehead atoms. The van der Waals surface area contributed by atoms with Crippen molar-refractivity contribution in [3.63, 3.8) is 0 Å². The van der Waals surface area contributed by atoms with Gasteiger partial charge in [-0.25, -0.2) is 9.97 Å². The van der Waals surface area contributed by atoms with Crippen LogP contribution in [0.1, 0.15) is 2.74 Å². The van der Waals surface area contributed by atoms with E-state index in [2.05, 4.69) is 53.4 Å². The zero-order valence-corrected chi connectivity index (χ0v) is 27.2. The van der Waals surface area contributed by atoms with Crippen LogP contribution in [0.3, 0.4) is 0 Å². The Kier molecular flexibility index (Phi) is 6.26. The van der Waals surface area contributed by atoms with Crippen molar-refractivity contribution in [2.24, 2.45) is 0 Å². The first-order valence-corrected chi connectivity index (χ1v) is 16.8. The molecule has 0 aliphatic carbocycles. The Balaban J connectivity index is 1.03. The van der Waals surface area contributed by atoms with Crippen LogP contribution in [0.5, 0.6) is 0 Å². The lowest BCUT2D eigenvalue weighted by molar-refractivity contribution is 0.619. The summed E-state index contributed by atoms with van der Waals surface area (Å²) in [6.07, 6.45) is 0. The molecule has 5 heteroatoms. The zero-order chi connectivity index (χ0) is 35.5. The quantitative estimate of drug-likeness (QED) is 0.167. The third-order valence-electron chi connectivity index (χ3n) is 9.28. The number of benzene rings is 8. The van der Waals surface area contributed by atoms with Gasteiger partial charge in [-0.05, 0) is 136 Å². The van der Waals surface area contributed by atoms with Crippen molar-refractivity contribution in [2.75, 3.05) is 4.90 Å². The molecule has 0 N–H and O–H groups in total. The number of hydrogen-bond donors (Lipinski definition) is 0. The Labute approximate surface area is 296 Å². The average molecular weight is 658 g/mol. The number of fused-ring (bicyclic) bond motifs is 4. The Morgan fingerprint density at radius 1 is 0.392 bits per heavy atom. The van der Waals surface area contributed by atoms with Crippen molar-refractivity contribution in [1.82, 2.24) is 9.97 Å². The molecule has 8 aromatic carbocycles. The number of para-hydroxylation sites is 4. The summed E-state index contributed by atoms with van der Waals surface area (Å²) in [7, 11) is 0. The molecular formula is C46H29N3O2. The lowest BCUT2D eigenvalue weighted by atomic mass is 9.98. The lowest BCUT2D eigenvalue weighted by Crippen LogP contribution is -2.09. The van der Waals surface area contributed by atoms with Crippen molar-refractivity contribution in [3.8, 4) is 34.0 Å². The molecule has 0 spiro atoms. The van der Waals surface area contributed by atoms with Gasteiger partial charge in [0, 0.05) is 28.2 Å². The second kappa shape index (κ2) is 11.9. The largest absolute Gasteiger partial charge is 0.436 e. The molecular weight excluding hydrogens is 627 g/mol. The van der Waals surface area contributed by atoms with Crippen LogP contribution in [-0.4, -0.2) is 9.97 Å². The fourth-order valence-corrected chi connectivity index (χ4v) is 6.68. The van der Waals surface area contributed by atoms with Crippen molar-refractivity contribution < 1.29 is 11.6 Å². The number of aromatic nitrogens is 2. The Morgan fingerprint density at radius 2 is 0.804 bits per heavy atom. The van der Waals surface area contributed by atoms with E-state index in [1.807, 2.05) is 115 Å². The van der Waals surface area contributed by atoms with E-state index >= 15 is 0 Å². The van der Waals surface area contributed by atoms with Gasteiger partial charge in [0.15, 0.2) is 11.2 Å². The normalized spacial score (nSPS) is 12.1. The second-order valence-corrected chi connectivity index (χ2v) is 12.5. The minimum Gasteiger partial charge on any atom is -0.436 e. The minimum absolute atomic E-state index is 0.443. The van der Waals surface area contributed by atoms with Crippen molar-refractivity contribution in [3.05, 3.63) is 176 Å². The summed E-state index contributed by atoms with van der Waals surface area (Å²) in [5, 5.41) is 3.14. The molecule has 0 radical (unpaired) electrons. The van der Waals surface area contributed by atoms with Gasteiger partial charge in [-0.15, -0.1) is 0 Å². The summed E-state index contributed by atoms with van der Waals surface area (Å²) in [5.41, 5.74) is 9.85. The molecule has 0 saturated carbocycles. The molecule has 0 fully saturated rings. The van der Waals surface area contributed by atoms with Crippen LogP contribution in [0.25, 0.3) is 77.8 Å². The van der Waals surface area contributed by atoms with Gasteiger partial charge in [0.2, 0.25) is 11.8 Å². The first-order chi connectivity index (χ1) is 26.1. The van der Waals surface area contributed by atoms with Crippen LogP contribution >= 0.6 is 0 Å². The van der Waals surface area contributed by atoms with Gasteiger partial charge >= 0.3 is 0 Å². The van der Waals surface area contributed by atoms with Gasteiger partial charge in [-0.2, -0.15) is 0 Å². The standard InChI is InChI=1S/C46H29N3O2/c1-2-8-34-28-37-29-35(13-14-36(37)27-33(34)7-1)30-15-21-38(22-16-30)49(39-23-17-31(18-24-39)45-47-41-9-3-5-11-43(41)50-45)40-25-19-32(20-26-40)46-48-42-10-4-6-12-44(42)51-46/h1-29H/i27D,28D. The molecule has 240 valence electrons. The fourth-order valence-electron chi connectivity index (χ4n) is 6.68. The highest BCUT2D eigenvalue weighted by Gasteiger charge is 2.16. The van der Waals surface area contributed by atoms with Gasteiger partial charge in [0.25, 0.3) is 0 Å². The van der Waals surface area contributed by atoms with Crippen LogP contribution in [0.15, 0.2) is 185 Å². The van der Waals surface area contributed by atoms with Crippen LogP contribution in [0.2, 0.25) is 0 Å². The van der Waals surface area contributed by atoms with E-state index in [1.54, 1.807) is 0 Å². The summed E-state index contributed by atoms with van der Waals surface area (Å²) < 4.78 is 29.9. The molecule has 0 unspecified atom stereocenters. The molecule has 0 saturated heterocycles. The molecule has 0 amide bonds. The van der Waals surface area contributed by atoms with Crippen LogP contribution in [-0.2, 0) is 0 Å². The van der Waals surface area contributed by atoms with Crippen molar-refractivity contribution >= 4 is 60.8 Å². The maximum Gasteiger partial charge on any atom is 0.227 e. The molecule has 2 heterocycles. The predicted molar refractivity (Wildman–Crippen MR) is 208 cm³/mol. The Bertz CT molecular complexity index is 2790. The molecule has 51 heavy (non-hydrogen) atoms. The summed E-state index contributed by atoms with van der Waals surface area (Å²) in [6.45, 7) is 0. The van der Waals surface area contributed by atoms with E-state index < -0.39 is 0 Å². The highest BCUT2D eigenvalue weighted by molar-refractivity contribution is 5.99. The van der Waals surface area contributed by atoms with Crippen LogP contribution in [0, 0.1) is 0 Å². The highest BCUT2D eigenvalue weighted by Crippen LogP contribution is 2.38. The molecule has 0 aliphatic heterocycles.